The summed E-state index contributed by atoms with van der Waals surface area (Å²) in [6.07, 6.45) is 0.698. The fraction of sp³-hybridized carbons (Fsp3) is 0.176. The third-order valence-corrected chi connectivity index (χ3v) is 4.32. The lowest BCUT2D eigenvalue weighted by atomic mass is 10.1. The predicted octanol–water partition coefficient (Wildman–Crippen LogP) is 3.57. The number of aliphatic imine (C=N–C) groups is 1. The SMILES string of the molecule is O=C1OC(c2ccccc2)=N[C@@]12C[C@@H]2c1ccc(Cl)cc1. The quantitative estimate of drug-likeness (QED) is 0.795. The minimum absolute atomic E-state index is 0.0866. The van der Waals surface area contributed by atoms with Crippen LogP contribution >= 0.6 is 11.6 Å². The van der Waals surface area contributed by atoms with Gasteiger partial charge in [0.15, 0.2) is 5.54 Å². The molecule has 3 nitrogen and oxygen atoms in total. The standard InChI is InChI=1S/C17H12ClNO2/c18-13-8-6-11(7-9-13)14-10-17(14)16(20)21-15(19-17)12-4-2-1-3-5-12/h1-9,14H,10H2/t14-,17-/m1/s1. The Kier molecular flexibility index (Phi) is 2.66. The lowest BCUT2D eigenvalue weighted by Crippen LogP contribution is -2.18. The monoisotopic (exact) mass is 297 g/mol. The molecule has 0 radical (unpaired) electrons. The molecule has 1 aliphatic heterocycles. The van der Waals surface area contributed by atoms with Gasteiger partial charge in [-0.15, -0.1) is 0 Å². The van der Waals surface area contributed by atoms with Crippen molar-refractivity contribution in [2.75, 3.05) is 0 Å². The number of hydrogen-bond donors (Lipinski definition) is 0. The Hall–Kier alpha value is -2.13. The number of carbonyl (C=O) groups is 1. The topological polar surface area (TPSA) is 38.7 Å². The summed E-state index contributed by atoms with van der Waals surface area (Å²) in [7, 11) is 0. The van der Waals surface area contributed by atoms with E-state index in [4.69, 9.17) is 16.3 Å². The number of benzene rings is 2. The van der Waals surface area contributed by atoms with E-state index in [0.717, 1.165) is 11.1 Å². The minimum atomic E-state index is -0.723. The van der Waals surface area contributed by atoms with Gasteiger partial charge in [-0.05, 0) is 36.2 Å². The van der Waals surface area contributed by atoms with E-state index in [9.17, 15) is 4.79 Å². The van der Waals surface area contributed by atoms with Crippen molar-refractivity contribution in [3.8, 4) is 0 Å². The number of ether oxygens (including phenoxy) is 1. The molecule has 2 aromatic carbocycles. The van der Waals surface area contributed by atoms with Crippen molar-refractivity contribution < 1.29 is 9.53 Å². The van der Waals surface area contributed by atoms with Crippen molar-refractivity contribution >= 4 is 23.5 Å². The van der Waals surface area contributed by atoms with E-state index < -0.39 is 5.54 Å². The number of carbonyl (C=O) groups excluding carboxylic acids is 1. The second-order valence-electron chi connectivity index (χ2n) is 5.41. The molecule has 2 atom stereocenters. The first-order valence-electron chi connectivity index (χ1n) is 6.82. The Morgan fingerprint density at radius 2 is 1.81 bits per heavy atom. The average Bonchev–Trinajstić information content (AvgIpc) is 3.14. The molecule has 21 heavy (non-hydrogen) atoms. The van der Waals surface area contributed by atoms with Crippen molar-refractivity contribution in [1.29, 1.82) is 0 Å². The van der Waals surface area contributed by atoms with Crippen LogP contribution in [0.1, 0.15) is 23.5 Å². The van der Waals surface area contributed by atoms with Crippen LogP contribution in [0.15, 0.2) is 59.6 Å². The molecular formula is C17H12ClNO2. The van der Waals surface area contributed by atoms with Gasteiger partial charge in [0.25, 0.3) is 0 Å². The highest BCUT2D eigenvalue weighted by molar-refractivity contribution is 6.30. The largest absolute Gasteiger partial charge is 0.405 e. The van der Waals surface area contributed by atoms with Crippen LogP contribution in [0, 0.1) is 0 Å². The first-order chi connectivity index (χ1) is 10.2. The molecule has 1 saturated carbocycles. The van der Waals surface area contributed by atoms with E-state index in [-0.39, 0.29) is 11.9 Å². The first-order valence-corrected chi connectivity index (χ1v) is 7.20. The summed E-state index contributed by atoms with van der Waals surface area (Å²) in [6.45, 7) is 0. The zero-order chi connectivity index (χ0) is 14.4. The molecule has 1 fully saturated rings. The second kappa shape index (κ2) is 4.43. The normalized spacial score (nSPS) is 26.6. The van der Waals surface area contributed by atoms with Gasteiger partial charge in [-0.1, -0.05) is 41.9 Å². The molecule has 0 aromatic heterocycles. The van der Waals surface area contributed by atoms with Gasteiger partial charge in [-0.25, -0.2) is 9.79 Å². The predicted molar refractivity (Wildman–Crippen MR) is 80.6 cm³/mol. The van der Waals surface area contributed by atoms with E-state index in [1.165, 1.54) is 0 Å². The van der Waals surface area contributed by atoms with Gasteiger partial charge >= 0.3 is 5.97 Å². The maximum absolute atomic E-state index is 12.2. The van der Waals surface area contributed by atoms with E-state index >= 15 is 0 Å². The number of rotatable bonds is 2. The van der Waals surface area contributed by atoms with Gasteiger partial charge in [0.05, 0.1) is 0 Å². The highest BCUT2D eigenvalue weighted by Gasteiger charge is 2.65. The Morgan fingerprint density at radius 1 is 1.10 bits per heavy atom. The molecule has 2 aliphatic rings. The summed E-state index contributed by atoms with van der Waals surface area (Å²) in [5, 5.41) is 0.691. The average molecular weight is 298 g/mol. The summed E-state index contributed by atoms with van der Waals surface area (Å²) in [6, 6.07) is 17.1. The molecule has 2 aromatic rings. The van der Waals surface area contributed by atoms with Gasteiger partial charge in [0.2, 0.25) is 5.90 Å². The van der Waals surface area contributed by atoms with Gasteiger partial charge < -0.3 is 4.74 Å². The van der Waals surface area contributed by atoms with Gasteiger partial charge in [-0.2, -0.15) is 0 Å². The van der Waals surface area contributed by atoms with Crippen LogP contribution in [0.5, 0.6) is 0 Å². The van der Waals surface area contributed by atoms with Crippen LogP contribution in [0.4, 0.5) is 0 Å². The lowest BCUT2D eigenvalue weighted by molar-refractivity contribution is -0.136. The summed E-state index contributed by atoms with van der Waals surface area (Å²) in [4.78, 5) is 16.8. The Labute approximate surface area is 127 Å². The van der Waals surface area contributed by atoms with Crippen molar-refractivity contribution in [2.45, 2.75) is 17.9 Å². The zero-order valence-electron chi connectivity index (χ0n) is 11.1. The highest BCUT2D eigenvalue weighted by Crippen LogP contribution is 2.57. The molecule has 4 heteroatoms. The minimum Gasteiger partial charge on any atom is -0.405 e. The van der Waals surface area contributed by atoms with E-state index in [0.29, 0.717) is 17.3 Å². The molecule has 0 N–H and O–H groups in total. The lowest BCUT2D eigenvalue weighted by Gasteiger charge is -2.02. The first kappa shape index (κ1) is 12.6. The summed E-state index contributed by atoms with van der Waals surface area (Å²) >= 11 is 5.90. The van der Waals surface area contributed by atoms with Crippen molar-refractivity contribution in [1.82, 2.24) is 0 Å². The van der Waals surface area contributed by atoms with Crippen molar-refractivity contribution in [3.63, 3.8) is 0 Å². The number of halogens is 1. The molecule has 104 valence electrons. The smallest absolute Gasteiger partial charge is 0.341 e. The Bertz CT molecular complexity index is 739. The van der Waals surface area contributed by atoms with Crippen LogP contribution in [0.3, 0.4) is 0 Å². The van der Waals surface area contributed by atoms with Gasteiger partial charge in [0.1, 0.15) is 0 Å². The fourth-order valence-electron chi connectivity index (χ4n) is 2.82. The molecule has 4 rings (SSSR count). The van der Waals surface area contributed by atoms with Gasteiger partial charge in [0, 0.05) is 16.5 Å². The molecule has 0 saturated heterocycles. The Balaban J connectivity index is 1.66. The van der Waals surface area contributed by atoms with Crippen molar-refractivity contribution in [2.24, 2.45) is 4.99 Å². The van der Waals surface area contributed by atoms with Crippen LogP contribution in [0.2, 0.25) is 5.02 Å². The van der Waals surface area contributed by atoms with E-state index in [1.54, 1.807) is 0 Å². The molecular weight excluding hydrogens is 286 g/mol. The van der Waals surface area contributed by atoms with E-state index in [2.05, 4.69) is 4.99 Å². The molecule has 0 amide bonds. The van der Waals surface area contributed by atoms with Crippen LogP contribution in [0.25, 0.3) is 0 Å². The third-order valence-electron chi connectivity index (χ3n) is 4.07. The van der Waals surface area contributed by atoms with Crippen LogP contribution < -0.4 is 0 Å². The number of nitrogens with zero attached hydrogens (tertiary/aromatic N) is 1. The number of esters is 1. The second-order valence-corrected chi connectivity index (χ2v) is 5.84. The summed E-state index contributed by atoms with van der Waals surface area (Å²) < 4.78 is 5.39. The molecule has 1 heterocycles. The summed E-state index contributed by atoms with van der Waals surface area (Å²) in [5.41, 5.74) is 1.19. The molecule has 0 bridgehead atoms. The van der Waals surface area contributed by atoms with E-state index in [1.807, 2.05) is 54.6 Å². The van der Waals surface area contributed by atoms with Crippen LogP contribution in [-0.4, -0.2) is 17.4 Å². The summed E-state index contributed by atoms with van der Waals surface area (Å²) in [5.74, 6) is 0.266. The van der Waals surface area contributed by atoms with Gasteiger partial charge in [-0.3, -0.25) is 0 Å². The Morgan fingerprint density at radius 3 is 2.52 bits per heavy atom. The van der Waals surface area contributed by atoms with Crippen LogP contribution in [-0.2, 0) is 9.53 Å². The maximum Gasteiger partial charge on any atom is 0.341 e. The fourth-order valence-corrected chi connectivity index (χ4v) is 2.95. The molecule has 1 aliphatic carbocycles. The molecule has 1 spiro atoms. The highest BCUT2D eigenvalue weighted by atomic mass is 35.5. The zero-order valence-corrected chi connectivity index (χ0v) is 11.9. The number of hydrogen-bond acceptors (Lipinski definition) is 3. The van der Waals surface area contributed by atoms with Crippen molar-refractivity contribution in [3.05, 3.63) is 70.7 Å². The molecule has 0 unspecified atom stereocenters. The maximum atomic E-state index is 12.2. The third kappa shape index (κ3) is 1.96. The number of cyclic esters (lactones) is 1.